The van der Waals surface area contributed by atoms with Crippen LogP contribution in [0.4, 0.5) is 30.7 Å². The van der Waals surface area contributed by atoms with Crippen LogP contribution < -0.4 is 9.47 Å². The van der Waals surface area contributed by atoms with Crippen LogP contribution in [-0.4, -0.2) is 19.6 Å². The maximum Gasteiger partial charge on any atom is 0.573 e. The molecule has 0 spiro atoms. The Kier molecular flexibility index (Phi) is 8.76. The van der Waals surface area contributed by atoms with Crippen molar-refractivity contribution >= 4 is 0 Å². The van der Waals surface area contributed by atoms with E-state index in [2.05, 4.69) is 16.4 Å². The minimum absolute atomic E-state index is 0.0849. The summed E-state index contributed by atoms with van der Waals surface area (Å²) in [6.45, 7) is 2.86. The fourth-order valence-electron chi connectivity index (χ4n) is 5.25. The molecule has 4 rings (SSSR count). The first-order valence-electron chi connectivity index (χ1n) is 12.6. The normalized spacial score (nSPS) is 24.7. The zero-order valence-corrected chi connectivity index (χ0v) is 20.7. The lowest BCUT2D eigenvalue weighted by molar-refractivity contribution is -0.274. The smallest absolute Gasteiger partial charge is 0.429 e. The molecule has 1 aliphatic heterocycles. The summed E-state index contributed by atoms with van der Waals surface area (Å²) >= 11 is 0. The van der Waals surface area contributed by atoms with Gasteiger partial charge in [-0.25, -0.2) is 8.78 Å². The molecular formula is C27H29F7O4. The zero-order chi connectivity index (χ0) is 27.5. The summed E-state index contributed by atoms with van der Waals surface area (Å²) in [5, 5.41) is 0. The molecule has 0 N–H and O–H groups in total. The van der Waals surface area contributed by atoms with Gasteiger partial charge in [-0.1, -0.05) is 32.6 Å². The lowest BCUT2D eigenvalue weighted by Crippen LogP contribution is -2.34. The number of rotatable bonds is 8. The van der Waals surface area contributed by atoms with Crippen LogP contribution >= 0.6 is 0 Å². The molecule has 38 heavy (non-hydrogen) atoms. The second kappa shape index (κ2) is 11.7. The minimum Gasteiger partial charge on any atom is -0.429 e. The summed E-state index contributed by atoms with van der Waals surface area (Å²) in [5.41, 5.74) is -1.73. The number of hydrogen-bond acceptors (Lipinski definition) is 4. The van der Waals surface area contributed by atoms with Crippen molar-refractivity contribution in [2.24, 2.45) is 17.8 Å². The molecule has 1 saturated heterocycles. The van der Waals surface area contributed by atoms with Crippen LogP contribution in [0.15, 0.2) is 36.4 Å². The average molecular weight is 551 g/mol. The van der Waals surface area contributed by atoms with Crippen molar-refractivity contribution < 1.29 is 49.7 Å². The molecule has 11 heteroatoms. The Balaban J connectivity index is 1.38. The fourth-order valence-corrected chi connectivity index (χ4v) is 5.25. The van der Waals surface area contributed by atoms with Gasteiger partial charge in [-0.15, -0.1) is 13.2 Å². The molecule has 0 aromatic heterocycles. The van der Waals surface area contributed by atoms with Crippen molar-refractivity contribution in [3.63, 3.8) is 0 Å². The van der Waals surface area contributed by atoms with E-state index in [4.69, 9.17) is 9.47 Å². The van der Waals surface area contributed by atoms with Crippen molar-refractivity contribution in [3.8, 4) is 11.5 Å². The Labute approximate surface area is 216 Å². The minimum atomic E-state index is -4.97. The van der Waals surface area contributed by atoms with Gasteiger partial charge in [0.2, 0.25) is 0 Å². The van der Waals surface area contributed by atoms with E-state index >= 15 is 0 Å². The molecule has 0 amide bonds. The monoisotopic (exact) mass is 550 g/mol. The van der Waals surface area contributed by atoms with Crippen molar-refractivity contribution in [3.05, 3.63) is 59.2 Å². The van der Waals surface area contributed by atoms with Crippen LogP contribution in [0.3, 0.4) is 0 Å². The molecule has 0 atom stereocenters. The summed E-state index contributed by atoms with van der Waals surface area (Å²) in [4.78, 5) is 0. The van der Waals surface area contributed by atoms with Gasteiger partial charge >= 0.3 is 12.5 Å². The topological polar surface area (TPSA) is 36.9 Å². The van der Waals surface area contributed by atoms with Gasteiger partial charge in [0.25, 0.3) is 0 Å². The molecule has 210 valence electrons. The Morgan fingerprint density at radius 1 is 0.789 bits per heavy atom. The first kappa shape index (κ1) is 28.5. The van der Waals surface area contributed by atoms with E-state index in [1.807, 2.05) is 0 Å². The van der Waals surface area contributed by atoms with Crippen LogP contribution in [-0.2, 0) is 15.6 Å². The van der Waals surface area contributed by atoms with Crippen LogP contribution in [0.1, 0.15) is 62.9 Å². The first-order chi connectivity index (χ1) is 17.9. The second-order valence-electron chi connectivity index (χ2n) is 9.83. The van der Waals surface area contributed by atoms with Gasteiger partial charge < -0.3 is 18.9 Å². The number of alkyl halides is 5. The summed E-state index contributed by atoms with van der Waals surface area (Å²) < 4.78 is 115. The summed E-state index contributed by atoms with van der Waals surface area (Å²) in [6.07, 6.45) is -3.64. The lowest BCUT2D eigenvalue weighted by Gasteiger charge is -2.38. The quantitative estimate of drug-likeness (QED) is 0.310. The summed E-state index contributed by atoms with van der Waals surface area (Å²) in [6, 6.07) is 4.39. The summed E-state index contributed by atoms with van der Waals surface area (Å²) in [5.74, 6) is -3.09. The third kappa shape index (κ3) is 7.11. The second-order valence-corrected chi connectivity index (χ2v) is 9.83. The van der Waals surface area contributed by atoms with Crippen LogP contribution in [0.2, 0.25) is 0 Å². The Morgan fingerprint density at radius 2 is 1.32 bits per heavy atom. The largest absolute Gasteiger partial charge is 0.573 e. The number of benzene rings is 2. The molecule has 0 unspecified atom stereocenters. The van der Waals surface area contributed by atoms with Gasteiger partial charge in [0.1, 0.15) is 28.7 Å². The van der Waals surface area contributed by atoms with E-state index in [1.165, 1.54) is 12.8 Å². The molecular weight excluding hydrogens is 521 g/mol. The van der Waals surface area contributed by atoms with Gasteiger partial charge in [-0.2, -0.15) is 8.78 Å². The van der Waals surface area contributed by atoms with Crippen molar-refractivity contribution in [2.45, 2.75) is 64.2 Å². The lowest BCUT2D eigenvalue weighted by atomic mass is 9.75. The molecule has 1 aliphatic carbocycles. The molecule has 2 fully saturated rings. The fraction of sp³-hybridized carbons (Fsp3) is 0.556. The highest BCUT2D eigenvalue weighted by atomic mass is 19.4. The standard InChI is InChI=1S/C27H29F7O4/c1-2-3-16-4-6-17(7-5-16)19-14-35-25(36-15-19)18-12-22(28)24(23(29)13-18)26(30,31)37-20-8-10-21(11-9-20)38-27(32,33)34/h8-13,16-17,19,25H,2-7,14-15H2,1H3. The molecule has 0 radical (unpaired) electrons. The maximum absolute atomic E-state index is 14.7. The van der Waals surface area contributed by atoms with E-state index in [0.717, 1.165) is 55.9 Å². The van der Waals surface area contributed by atoms with E-state index < -0.39 is 47.5 Å². The van der Waals surface area contributed by atoms with Gasteiger partial charge in [-0.3, -0.25) is 0 Å². The molecule has 2 aromatic rings. The number of hydrogen-bond donors (Lipinski definition) is 0. The number of ether oxygens (including phenoxy) is 4. The molecule has 1 heterocycles. The van der Waals surface area contributed by atoms with E-state index in [-0.39, 0.29) is 11.5 Å². The Morgan fingerprint density at radius 3 is 1.82 bits per heavy atom. The van der Waals surface area contributed by atoms with Crippen molar-refractivity contribution in [1.29, 1.82) is 0 Å². The highest BCUT2D eigenvalue weighted by Crippen LogP contribution is 2.40. The SMILES string of the molecule is CCCC1CCC(C2COC(c3cc(F)c(C(F)(F)Oc4ccc(OC(F)(F)F)cc4)c(F)c3)OC2)CC1. The van der Waals surface area contributed by atoms with E-state index in [0.29, 0.717) is 31.3 Å². The van der Waals surface area contributed by atoms with Crippen LogP contribution in [0, 0.1) is 29.4 Å². The first-order valence-corrected chi connectivity index (χ1v) is 12.6. The molecule has 1 saturated carbocycles. The predicted octanol–water partition coefficient (Wildman–Crippen LogP) is 8.26. The Hall–Kier alpha value is -2.53. The third-order valence-corrected chi connectivity index (χ3v) is 7.11. The highest BCUT2D eigenvalue weighted by molar-refractivity contribution is 5.34. The predicted molar refractivity (Wildman–Crippen MR) is 122 cm³/mol. The van der Waals surface area contributed by atoms with Crippen molar-refractivity contribution in [1.82, 2.24) is 0 Å². The van der Waals surface area contributed by atoms with Gasteiger partial charge in [0.15, 0.2) is 6.29 Å². The molecule has 2 aromatic carbocycles. The third-order valence-electron chi connectivity index (χ3n) is 7.11. The van der Waals surface area contributed by atoms with Gasteiger partial charge in [0.05, 0.1) is 13.2 Å². The van der Waals surface area contributed by atoms with Gasteiger partial charge in [0, 0.05) is 11.5 Å². The summed E-state index contributed by atoms with van der Waals surface area (Å²) in [7, 11) is 0. The van der Waals surface area contributed by atoms with E-state index in [1.54, 1.807) is 0 Å². The van der Waals surface area contributed by atoms with E-state index in [9.17, 15) is 30.7 Å². The molecule has 0 bridgehead atoms. The van der Waals surface area contributed by atoms with Gasteiger partial charge in [-0.05, 0) is 61.1 Å². The van der Waals surface area contributed by atoms with Crippen molar-refractivity contribution in [2.75, 3.05) is 13.2 Å². The number of halogens is 7. The maximum atomic E-state index is 14.7. The molecule has 2 aliphatic rings. The van der Waals surface area contributed by atoms with Crippen LogP contribution in [0.25, 0.3) is 0 Å². The Bertz CT molecular complexity index is 1040. The average Bonchev–Trinajstić information content (AvgIpc) is 2.84. The zero-order valence-electron chi connectivity index (χ0n) is 20.7. The highest BCUT2D eigenvalue weighted by Gasteiger charge is 2.42. The molecule has 4 nitrogen and oxygen atoms in total. The van der Waals surface area contributed by atoms with Crippen LogP contribution in [0.5, 0.6) is 11.5 Å².